The number of fused-ring (bicyclic) bond motifs is 5. The first-order valence-electron chi connectivity index (χ1n) is 9.01. The molecule has 4 rings (SSSR count). The largest absolute Gasteiger partial charge is 0.392 e. The molecule has 0 saturated heterocycles. The minimum atomic E-state index is -0.637. The van der Waals surface area contributed by atoms with Gasteiger partial charge in [0.05, 0.1) is 18.1 Å². The van der Waals surface area contributed by atoms with Gasteiger partial charge in [0.2, 0.25) is 0 Å². The standard InChI is InChI=1S/C20H28O3/c1-10-12-9-11-5-6-13-19(2,3)8-7-14(21)20(13,4)16(11)15(17(10)22)18(12)23/h12-15,18,21,23H,1,5-9H2,2-4H3. The zero-order valence-corrected chi connectivity index (χ0v) is 14.4. The number of ketones is 1. The third-order valence-electron chi connectivity index (χ3n) is 7.70. The smallest absolute Gasteiger partial charge is 0.168 e. The van der Waals surface area contributed by atoms with E-state index in [0.717, 1.165) is 37.7 Å². The third kappa shape index (κ3) is 1.76. The van der Waals surface area contributed by atoms with Crippen molar-refractivity contribution in [1.29, 1.82) is 0 Å². The Morgan fingerprint density at radius 2 is 1.87 bits per heavy atom. The molecule has 23 heavy (non-hydrogen) atoms. The van der Waals surface area contributed by atoms with Crippen molar-refractivity contribution in [3.05, 3.63) is 23.3 Å². The van der Waals surface area contributed by atoms with Crippen LogP contribution < -0.4 is 0 Å². The molecule has 0 spiro atoms. The Kier molecular flexibility index (Phi) is 3.10. The van der Waals surface area contributed by atoms with E-state index in [2.05, 4.69) is 27.4 Å². The second-order valence-corrected chi connectivity index (χ2v) is 9.10. The first-order valence-corrected chi connectivity index (χ1v) is 9.01. The topological polar surface area (TPSA) is 57.5 Å². The molecule has 0 aromatic rings. The van der Waals surface area contributed by atoms with Gasteiger partial charge in [-0.2, -0.15) is 0 Å². The van der Waals surface area contributed by atoms with Crippen LogP contribution in [0.1, 0.15) is 52.9 Å². The van der Waals surface area contributed by atoms with E-state index < -0.39 is 18.1 Å². The molecule has 0 heterocycles. The zero-order chi connectivity index (χ0) is 16.7. The highest BCUT2D eigenvalue weighted by Crippen LogP contribution is 2.64. The minimum Gasteiger partial charge on any atom is -0.392 e. The number of allylic oxidation sites excluding steroid dienone is 1. The summed E-state index contributed by atoms with van der Waals surface area (Å²) in [5.41, 5.74) is 2.79. The van der Waals surface area contributed by atoms with Crippen molar-refractivity contribution in [2.45, 2.75) is 65.1 Å². The lowest BCUT2D eigenvalue weighted by molar-refractivity contribution is -0.123. The first kappa shape index (κ1) is 15.6. The molecule has 3 nitrogen and oxygen atoms in total. The van der Waals surface area contributed by atoms with Crippen molar-refractivity contribution >= 4 is 5.78 Å². The van der Waals surface area contributed by atoms with Crippen molar-refractivity contribution in [3.63, 3.8) is 0 Å². The molecule has 6 atom stereocenters. The number of rotatable bonds is 0. The van der Waals surface area contributed by atoms with Gasteiger partial charge in [0.1, 0.15) is 0 Å². The highest BCUT2D eigenvalue weighted by molar-refractivity contribution is 6.03. The fraction of sp³-hybridized carbons (Fsp3) is 0.750. The summed E-state index contributed by atoms with van der Waals surface area (Å²) in [5, 5.41) is 21.7. The average Bonchev–Trinajstić information content (AvgIpc) is 2.62. The Balaban J connectivity index is 1.89. The van der Waals surface area contributed by atoms with Crippen LogP contribution in [0, 0.1) is 28.6 Å². The van der Waals surface area contributed by atoms with Crippen LogP contribution >= 0.6 is 0 Å². The lowest BCUT2D eigenvalue weighted by atomic mass is 9.46. The predicted octanol–water partition coefficient (Wildman–Crippen LogP) is 3.02. The Morgan fingerprint density at radius 1 is 1.17 bits per heavy atom. The van der Waals surface area contributed by atoms with Crippen LogP contribution in [0.3, 0.4) is 0 Å². The molecular formula is C20H28O3. The predicted molar refractivity (Wildman–Crippen MR) is 88.6 cm³/mol. The van der Waals surface area contributed by atoms with E-state index in [4.69, 9.17) is 0 Å². The molecule has 6 unspecified atom stereocenters. The molecule has 126 valence electrons. The van der Waals surface area contributed by atoms with Gasteiger partial charge in [-0.3, -0.25) is 4.79 Å². The molecule has 2 N–H and O–H groups in total. The SMILES string of the molecule is C=C1C(=O)C2C3=C(CCC4C(C)(C)CCC(O)C34C)CC1C2O. The van der Waals surface area contributed by atoms with Gasteiger partial charge in [-0.05, 0) is 54.6 Å². The number of hydrogen-bond donors (Lipinski definition) is 2. The van der Waals surface area contributed by atoms with Crippen LogP contribution in [0.5, 0.6) is 0 Å². The van der Waals surface area contributed by atoms with Gasteiger partial charge in [-0.1, -0.05) is 32.9 Å². The average molecular weight is 316 g/mol. The van der Waals surface area contributed by atoms with E-state index in [-0.39, 0.29) is 22.5 Å². The van der Waals surface area contributed by atoms with Crippen LogP contribution in [0.4, 0.5) is 0 Å². The summed E-state index contributed by atoms with van der Waals surface area (Å²) >= 11 is 0. The maximum Gasteiger partial charge on any atom is 0.168 e. The van der Waals surface area contributed by atoms with E-state index in [1.54, 1.807) is 0 Å². The normalized spacial score (nSPS) is 48.3. The monoisotopic (exact) mass is 316 g/mol. The Morgan fingerprint density at radius 3 is 2.57 bits per heavy atom. The first-order chi connectivity index (χ1) is 10.7. The summed E-state index contributed by atoms with van der Waals surface area (Å²) in [7, 11) is 0. The number of Topliss-reactive ketones (excluding diaryl/α,β-unsaturated/α-hetero) is 1. The molecule has 3 heteroatoms. The molecule has 0 amide bonds. The summed E-state index contributed by atoms with van der Waals surface area (Å²) in [6, 6.07) is 0. The van der Waals surface area contributed by atoms with E-state index in [1.165, 1.54) is 5.57 Å². The van der Waals surface area contributed by atoms with E-state index in [1.807, 2.05) is 0 Å². The fourth-order valence-corrected chi connectivity index (χ4v) is 6.47. The number of hydrogen-bond acceptors (Lipinski definition) is 3. The molecule has 2 saturated carbocycles. The Bertz CT molecular complexity index is 629. The minimum absolute atomic E-state index is 0.0185. The van der Waals surface area contributed by atoms with Crippen molar-refractivity contribution in [2.24, 2.45) is 28.6 Å². The van der Waals surface area contributed by atoms with Crippen LogP contribution in [0.2, 0.25) is 0 Å². The number of aliphatic hydroxyl groups is 2. The van der Waals surface area contributed by atoms with Crippen LogP contribution in [-0.2, 0) is 4.79 Å². The van der Waals surface area contributed by atoms with Gasteiger partial charge in [0.25, 0.3) is 0 Å². The molecule has 2 fully saturated rings. The molecule has 0 aromatic carbocycles. The molecular weight excluding hydrogens is 288 g/mol. The van der Waals surface area contributed by atoms with Crippen LogP contribution in [0.15, 0.2) is 23.3 Å². The van der Waals surface area contributed by atoms with Gasteiger partial charge in [0, 0.05) is 11.3 Å². The van der Waals surface area contributed by atoms with E-state index >= 15 is 0 Å². The highest BCUT2D eigenvalue weighted by atomic mass is 16.3. The second-order valence-electron chi connectivity index (χ2n) is 9.10. The molecule has 2 bridgehead atoms. The van der Waals surface area contributed by atoms with Gasteiger partial charge in [-0.25, -0.2) is 0 Å². The maximum atomic E-state index is 12.8. The lowest BCUT2D eigenvalue weighted by Gasteiger charge is -2.59. The van der Waals surface area contributed by atoms with Crippen molar-refractivity contribution < 1.29 is 15.0 Å². The lowest BCUT2D eigenvalue weighted by Crippen LogP contribution is -2.56. The summed E-state index contributed by atoms with van der Waals surface area (Å²) in [5.74, 6) is -0.166. The molecule has 0 aromatic heterocycles. The summed E-state index contributed by atoms with van der Waals surface area (Å²) in [6.45, 7) is 10.7. The van der Waals surface area contributed by atoms with Gasteiger partial charge >= 0.3 is 0 Å². The number of carbonyl (C=O) groups excluding carboxylic acids is 1. The van der Waals surface area contributed by atoms with Crippen LogP contribution in [-0.4, -0.2) is 28.2 Å². The number of carbonyl (C=O) groups is 1. The van der Waals surface area contributed by atoms with Gasteiger partial charge in [-0.15, -0.1) is 0 Å². The molecule has 4 aliphatic rings. The van der Waals surface area contributed by atoms with E-state index in [9.17, 15) is 15.0 Å². The molecule has 4 aliphatic carbocycles. The summed E-state index contributed by atoms with van der Waals surface area (Å²) in [4.78, 5) is 12.8. The van der Waals surface area contributed by atoms with Crippen molar-refractivity contribution in [1.82, 2.24) is 0 Å². The van der Waals surface area contributed by atoms with E-state index in [0.29, 0.717) is 11.5 Å². The van der Waals surface area contributed by atoms with Crippen molar-refractivity contribution in [3.8, 4) is 0 Å². The molecule has 0 radical (unpaired) electrons. The van der Waals surface area contributed by atoms with Crippen molar-refractivity contribution in [2.75, 3.05) is 0 Å². The Labute approximate surface area is 138 Å². The second kappa shape index (κ2) is 4.58. The summed E-state index contributed by atoms with van der Waals surface area (Å²) in [6.07, 6.45) is 3.58. The van der Waals surface area contributed by atoms with Crippen LogP contribution in [0.25, 0.3) is 0 Å². The number of aliphatic hydroxyl groups excluding tert-OH is 2. The zero-order valence-electron chi connectivity index (χ0n) is 14.4. The summed E-state index contributed by atoms with van der Waals surface area (Å²) < 4.78 is 0. The molecule has 0 aliphatic heterocycles. The van der Waals surface area contributed by atoms with Gasteiger partial charge < -0.3 is 10.2 Å². The highest BCUT2D eigenvalue weighted by Gasteiger charge is 2.62. The maximum absolute atomic E-state index is 12.8. The third-order valence-corrected chi connectivity index (χ3v) is 7.70. The fourth-order valence-electron chi connectivity index (χ4n) is 6.47. The quantitative estimate of drug-likeness (QED) is 0.533. The Hall–Kier alpha value is -0.930. The van der Waals surface area contributed by atoms with Gasteiger partial charge in [0.15, 0.2) is 5.78 Å².